The van der Waals surface area contributed by atoms with Crippen molar-refractivity contribution >= 4 is 11.3 Å². The number of hydrogen-bond acceptors (Lipinski definition) is 5. The molecule has 7 nitrogen and oxygen atoms in total. The highest BCUT2D eigenvalue weighted by molar-refractivity contribution is 5.70. The topological polar surface area (TPSA) is 97.1 Å². The van der Waals surface area contributed by atoms with Gasteiger partial charge >= 0.3 is 0 Å². The fraction of sp³-hybridized carbons (Fsp3) is 0. The van der Waals surface area contributed by atoms with E-state index in [1.165, 1.54) is 22.7 Å². The predicted molar refractivity (Wildman–Crippen MR) is 69.8 cm³/mol. The number of halogens is 1. The Hall–Kier alpha value is -3.34. The van der Waals surface area contributed by atoms with Gasteiger partial charge in [-0.15, -0.1) is 10.2 Å². The van der Waals surface area contributed by atoms with E-state index in [-0.39, 0.29) is 17.1 Å². The van der Waals surface area contributed by atoms with Crippen molar-refractivity contribution in [1.29, 1.82) is 5.26 Å². The molecule has 8 heteroatoms. The number of benzene rings is 1. The molecule has 0 aliphatic carbocycles. The number of nitro benzene ring substituents is 1. The average molecular weight is 283 g/mol. The second kappa shape index (κ2) is 4.64. The van der Waals surface area contributed by atoms with Crippen LogP contribution in [0.4, 0.5) is 10.1 Å². The van der Waals surface area contributed by atoms with Crippen LogP contribution >= 0.6 is 0 Å². The number of fused-ring (bicyclic) bond motifs is 1. The van der Waals surface area contributed by atoms with E-state index in [4.69, 9.17) is 5.26 Å². The van der Waals surface area contributed by atoms with E-state index in [0.29, 0.717) is 11.2 Å². The average Bonchev–Trinajstić information content (AvgIpc) is 2.89. The van der Waals surface area contributed by atoms with Crippen molar-refractivity contribution in [2.24, 2.45) is 0 Å². The highest BCUT2D eigenvalue weighted by Crippen LogP contribution is 2.29. The van der Waals surface area contributed by atoms with Gasteiger partial charge in [-0.05, 0) is 18.2 Å². The third-order valence-electron chi connectivity index (χ3n) is 2.94. The van der Waals surface area contributed by atoms with Gasteiger partial charge in [0.15, 0.2) is 11.5 Å². The highest BCUT2D eigenvalue weighted by atomic mass is 19.1. The van der Waals surface area contributed by atoms with Gasteiger partial charge in [0.05, 0.1) is 16.6 Å². The summed E-state index contributed by atoms with van der Waals surface area (Å²) >= 11 is 0. The molecule has 0 saturated carbocycles. The molecule has 21 heavy (non-hydrogen) atoms. The summed E-state index contributed by atoms with van der Waals surface area (Å²) in [5.74, 6) is -0.471. The summed E-state index contributed by atoms with van der Waals surface area (Å²) in [4.78, 5) is 10.4. The Morgan fingerprint density at radius 3 is 2.81 bits per heavy atom. The Morgan fingerprint density at radius 1 is 1.29 bits per heavy atom. The zero-order chi connectivity index (χ0) is 15.0. The number of aromatic nitrogens is 3. The molecule has 0 spiro atoms. The molecule has 1 aromatic carbocycles. The second-order valence-electron chi connectivity index (χ2n) is 4.20. The van der Waals surface area contributed by atoms with E-state index in [2.05, 4.69) is 10.2 Å². The van der Waals surface area contributed by atoms with Crippen molar-refractivity contribution < 1.29 is 9.31 Å². The Balaban J connectivity index is 2.29. The van der Waals surface area contributed by atoms with E-state index in [0.717, 1.165) is 18.2 Å². The van der Waals surface area contributed by atoms with Gasteiger partial charge in [0, 0.05) is 18.3 Å². The minimum Gasteiger partial charge on any atom is -0.282 e. The molecule has 102 valence electrons. The molecule has 2 heterocycles. The highest BCUT2D eigenvalue weighted by Gasteiger charge is 2.20. The van der Waals surface area contributed by atoms with Crippen LogP contribution in [0.25, 0.3) is 17.0 Å². The quantitative estimate of drug-likeness (QED) is 0.531. The Kier molecular flexibility index (Phi) is 2.80. The van der Waals surface area contributed by atoms with Crippen molar-refractivity contribution in [3.8, 4) is 17.5 Å². The monoisotopic (exact) mass is 283 g/mol. The number of nitriles is 1. The van der Waals surface area contributed by atoms with Crippen LogP contribution in [0.15, 0.2) is 36.5 Å². The van der Waals surface area contributed by atoms with Gasteiger partial charge in [0.25, 0.3) is 5.69 Å². The molecule has 0 aliphatic heterocycles. The summed E-state index contributed by atoms with van der Waals surface area (Å²) in [5.41, 5.74) is 0.491. The second-order valence-corrected chi connectivity index (χ2v) is 4.20. The summed E-state index contributed by atoms with van der Waals surface area (Å²) in [7, 11) is 0. The first-order valence-electron chi connectivity index (χ1n) is 5.79. The minimum absolute atomic E-state index is 0.0252. The van der Waals surface area contributed by atoms with E-state index in [1.54, 1.807) is 0 Å². The van der Waals surface area contributed by atoms with Crippen LogP contribution in [0.5, 0.6) is 0 Å². The predicted octanol–water partition coefficient (Wildman–Crippen LogP) is 2.32. The van der Waals surface area contributed by atoms with Gasteiger partial charge < -0.3 is 0 Å². The molecule has 0 unspecified atom stereocenters. The maximum atomic E-state index is 13.4. The smallest absolute Gasteiger partial charge is 0.280 e. The molecular formula is C13H6FN5O2. The summed E-state index contributed by atoms with van der Waals surface area (Å²) in [6, 6.07) is 8.09. The van der Waals surface area contributed by atoms with Gasteiger partial charge in [-0.3, -0.25) is 14.5 Å². The molecule has 0 amide bonds. The number of nitrogens with zero attached hydrogens (tertiary/aromatic N) is 5. The van der Waals surface area contributed by atoms with Crippen LogP contribution in [-0.2, 0) is 0 Å². The lowest BCUT2D eigenvalue weighted by atomic mass is 10.1. The first-order valence-corrected chi connectivity index (χ1v) is 5.79. The Bertz CT molecular complexity index is 913. The Labute approximate surface area is 117 Å². The number of rotatable bonds is 2. The first kappa shape index (κ1) is 12.7. The van der Waals surface area contributed by atoms with Crippen molar-refractivity contribution in [1.82, 2.24) is 14.6 Å². The van der Waals surface area contributed by atoms with Crippen molar-refractivity contribution in [3.63, 3.8) is 0 Å². The number of nitro groups is 1. The van der Waals surface area contributed by atoms with Gasteiger partial charge in [-0.25, -0.2) is 4.39 Å². The zero-order valence-corrected chi connectivity index (χ0v) is 10.4. The fourth-order valence-corrected chi connectivity index (χ4v) is 1.99. The van der Waals surface area contributed by atoms with Crippen molar-refractivity contribution in [3.05, 3.63) is 58.0 Å². The molecule has 2 aromatic heterocycles. The molecule has 0 saturated heterocycles. The van der Waals surface area contributed by atoms with Crippen LogP contribution in [0, 0.1) is 27.3 Å². The van der Waals surface area contributed by atoms with E-state index >= 15 is 0 Å². The lowest BCUT2D eigenvalue weighted by molar-refractivity contribution is -0.384. The molecule has 0 bridgehead atoms. The lowest BCUT2D eigenvalue weighted by Crippen LogP contribution is -1.96. The molecular weight excluding hydrogens is 277 g/mol. The summed E-state index contributed by atoms with van der Waals surface area (Å²) in [5, 5.41) is 27.6. The van der Waals surface area contributed by atoms with Crippen LogP contribution in [-0.4, -0.2) is 19.5 Å². The Morgan fingerprint density at radius 2 is 2.10 bits per heavy atom. The standard InChI is InChI=1S/C13H6FN5O2/c14-9-1-2-11(19(20)21)10(6-9)13-17-16-12-5-8(7-15)3-4-18(12)13/h1-6H. The normalized spacial score (nSPS) is 10.5. The van der Waals surface area contributed by atoms with E-state index in [1.807, 2.05) is 6.07 Å². The molecule has 3 aromatic rings. The van der Waals surface area contributed by atoms with Gasteiger partial charge in [0.2, 0.25) is 0 Å². The third kappa shape index (κ3) is 2.06. The summed E-state index contributed by atoms with van der Waals surface area (Å²) in [6.07, 6.45) is 1.51. The molecule has 0 atom stereocenters. The zero-order valence-electron chi connectivity index (χ0n) is 10.4. The van der Waals surface area contributed by atoms with Gasteiger partial charge in [-0.2, -0.15) is 5.26 Å². The van der Waals surface area contributed by atoms with Gasteiger partial charge in [-0.1, -0.05) is 0 Å². The summed E-state index contributed by atoms with van der Waals surface area (Å²) < 4.78 is 14.9. The van der Waals surface area contributed by atoms with E-state index < -0.39 is 10.7 Å². The van der Waals surface area contributed by atoms with Crippen molar-refractivity contribution in [2.75, 3.05) is 0 Å². The largest absolute Gasteiger partial charge is 0.282 e. The maximum absolute atomic E-state index is 13.4. The molecule has 0 fully saturated rings. The van der Waals surface area contributed by atoms with Crippen LogP contribution in [0.3, 0.4) is 0 Å². The molecule has 0 N–H and O–H groups in total. The summed E-state index contributed by atoms with van der Waals surface area (Å²) in [6.45, 7) is 0. The molecule has 0 radical (unpaired) electrons. The van der Waals surface area contributed by atoms with Crippen molar-refractivity contribution in [2.45, 2.75) is 0 Å². The van der Waals surface area contributed by atoms with Gasteiger partial charge in [0.1, 0.15) is 11.4 Å². The van der Waals surface area contributed by atoms with Crippen LogP contribution in [0.2, 0.25) is 0 Å². The van der Waals surface area contributed by atoms with Crippen LogP contribution < -0.4 is 0 Å². The van der Waals surface area contributed by atoms with E-state index in [9.17, 15) is 14.5 Å². The third-order valence-corrected chi connectivity index (χ3v) is 2.94. The molecule has 0 aliphatic rings. The number of hydrogen-bond donors (Lipinski definition) is 0. The molecule has 3 rings (SSSR count). The first-order chi connectivity index (χ1) is 10.1. The SMILES string of the molecule is N#Cc1ccn2c(-c3cc(F)ccc3[N+](=O)[O-])nnc2c1. The number of pyridine rings is 1. The maximum Gasteiger partial charge on any atom is 0.280 e. The fourth-order valence-electron chi connectivity index (χ4n) is 1.99. The van der Waals surface area contributed by atoms with Crippen LogP contribution in [0.1, 0.15) is 5.56 Å². The minimum atomic E-state index is -0.612. The lowest BCUT2D eigenvalue weighted by Gasteiger charge is -2.02.